The van der Waals surface area contributed by atoms with E-state index in [1.165, 1.54) is 5.56 Å². The van der Waals surface area contributed by atoms with Crippen LogP contribution in [-0.2, 0) is 11.2 Å². The number of carbonyl (C=O) groups excluding carboxylic acids is 1. The Hall–Kier alpha value is -3.32. The van der Waals surface area contributed by atoms with Crippen molar-refractivity contribution in [2.75, 3.05) is 5.32 Å². The summed E-state index contributed by atoms with van der Waals surface area (Å²) in [6.45, 7) is 4.01. The fourth-order valence-electron chi connectivity index (χ4n) is 2.86. The molecule has 4 nitrogen and oxygen atoms in total. The maximum atomic E-state index is 12.5. The quantitative estimate of drug-likeness (QED) is 0.543. The highest BCUT2D eigenvalue weighted by atomic mass is 16.1. The van der Waals surface area contributed by atoms with Crippen LogP contribution >= 0.6 is 0 Å². The van der Waals surface area contributed by atoms with Crippen molar-refractivity contribution < 1.29 is 4.79 Å². The first-order valence-corrected chi connectivity index (χ1v) is 8.21. The van der Waals surface area contributed by atoms with Crippen molar-refractivity contribution in [2.24, 2.45) is 0 Å². The molecular formula is C21H19N3O. The van der Waals surface area contributed by atoms with Crippen LogP contribution in [0.15, 0.2) is 54.2 Å². The van der Waals surface area contributed by atoms with Gasteiger partial charge in [-0.2, -0.15) is 5.26 Å². The lowest BCUT2D eigenvalue weighted by atomic mass is 10.1. The first-order valence-electron chi connectivity index (χ1n) is 8.21. The number of H-pyrrole nitrogens is 1. The van der Waals surface area contributed by atoms with E-state index in [1.54, 1.807) is 6.08 Å². The van der Waals surface area contributed by atoms with E-state index < -0.39 is 5.91 Å². The number of aromatic amines is 1. The van der Waals surface area contributed by atoms with Gasteiger partial charge >= 0.3 is 0 Å². The molecular weight excluding hydrogens is 310 g/mol. The molecule has 1 aromatic heterocycles. The van der Waals surface area contributed by atoms with Gasteiger partial charge in [0.25, 0.3) is 5.91 Å². The Kier molecular flexibility index (Phi) is 4.67. The minimum Gasteiger partial charge on any atom is -0.360 e. The molecule has 2 aromatic carbocycles. The predicted octanol–water partition coefficient (Wildman–Crippen LogP) is 4.58. The van der Waals surface area contributed by atoms with E-state index >= 15 is 0 Å². The van der Waals surface area contributed by atoms with Crippen LogP contribution < -0.4 is 5.32 Å². The molecule has 0 aliphatic rings. The third-order valence-corrected chi connectivity index (χ3v) is 4.27. The summed E-state index contributed by atoms with van der Waals surface area (Å²) in [6.07, 6.45) is 4.38. The number of fused-ring (bicyclic) bond motifs is 1. The lowest BCUT2D eigenvalue weighted by Gasteiger charge is -2.07. The summed E-state index contributed by atoms with van der Waals surface area (Å²) in [6, 6.07) is 15.6. The fourth-order valence-corrected chi connectivity index (χ4v) is 2.86. The first kappa shape index (κ1) is 16.5. The summed E-state index contributed by atoms with van der Waals surface area (Å²) in [5.74, 6) is -0.405. The minimum atomic E-state index is -0.405. The maximum absolute atomic E-state index is 12.5. The monoisotopic (exact) mass is 329 g/mol. The van der Waals surface area contributed by atoms with Gasteiger partial charge in [-0.15, -0.1) is 0 Å². The second-order valence-electron chi connectivity index (χ2n) is 5.88. The molecule has 0 atom stereocenters. The average Bonchev–Trinajstić information content (AvgIpc) is 3.04. The highest BCUT2D eigenvalue weighted by molar-refractivity contribution is 6.11. The molecule has 3 rings (SSSR count). The molecule has 0 aliphatic carbocycles. The number of aryl methyl sites for hydroxylation is 2. The van der Waals surface area contributed by atoms with Crippen LogP contribution in [0.2, 0.25) is 0 Å². The SMILES string of the molecule is CCc1cccc2c(/C=C(\C#N)C(=O)Nc3ccccc3C)c[nH]c12. The first-order chi connectivity index (χ1) is 12.1. The van der Waals surface area contributed by atoms with Crippen LogP contribution in [0.1, 0.15) is 23.6 Å². The zero-order valence-electron chi connectivity index (χ0n) is 14.3. The van der Waals surface area contributed by atoms with E-state index in [2.05, 4.69) is 23.3 Å². The van der Waals surface area contributed by atoms with Crippen LogP contribution in [0.3, 0.4) is 0 Å². The molecule has 0 bridgehead atoms. The number of aromatic nitrogens is 1. The zero-order chi connectivity index (χ0) is 17.8. The summed E-state index contributed by atoms with van der Waals surface area (Å²) in [5.41, 5.74) is 4.83. The molecule has 2 N–H and O–H groups in total. The Morgan fingerprint density at radius 1 is 1.24 bits per heavy atom. The molecule has 25 heavy (non-hydrogen) atoms. The van der Waals surface area contributed by atoms with Gasteiger partial charge in [0.1, 0.15) is 11.6 Å². The Morgan fingerprint density at radius 3 is 2.76 bits per heavy atom. The van der Waals surface area contributed by atoms with Gasteiger partial charge in [-0.25, -0.2) is 0 Å². The normalized spacial score (nSPS) is 11.3. The molecule has 124 valence electrons. The van der Waals surface area contributed by atoms with Crippen LogP contribution in [0.5, 0.6) is 0 Å². The smallest absolute Gasteiger partial charge is 0.266 e. The standard InChI is InChI=1S/C21H19N3O/c1-3-15-8-6-9-18-17(13-23-20(15)18)11-16(12-22)21(25)24-19-10-5-4-7-14(19)2/h4-11,13,23H,3H2,1-2H3,(H,24,25)/b16-11+. The van der Waals surface area contributed by atoms with Gasteiger partial charge in [0.2, 0.25) is 0 Å². The van der Waals surface area contributed by atoms with Crippen molar-refractivity contribution >= 4 is 28.6 Å². The number of nitriles is 1. The molecule has 0 saturated heterocycles. The van der Waals surface area contributed by atoms with Crippen molar-refractivity contribution in [3.05, 3.63) is 70.9 Å². The van der Waals surface area contributed by atoms with Gasteiger partial charge in [0.15, 0.2) is 0 Å². The van der Waals surface area contributed by atoms with Gasteiger partial charge in [-0.3, -0.25) is 4.79 Å². The van der Waals surface area contributed by atoms with Crippen LogP contribution in [0.25, 0.3) is 17.0 Å². The summed E-state index contributed by atoms with van der Waals surface area (Å²) < 4.78 is 0. The van der Waals surface area contributed by atoms with E-state index in [-0.39, 0.29) is 5.57 Å². The predicted molar refractivity (Wildman–Crippen MR) is 101 cm³/mol. The van der Waals surface area contributed by atoms with Gasteiger partial charge in [-0.05, 0) is 36.6 Å². The number of anilines is 1. The number of amides is 1. The number of rotatable bonds is 4. The molecule has 0 unspecified atom stereocenters. The molecule has 0 saturated carbocycles. The zero-order valence-corrected chi connectivity index (χ0v) is 14.3. The molecule has 1 heterocycles. The minimum absolute atomic E-state index is 0.0751. The summed E-state index contributed by atoms with van der Waals surface area (Å²) in [7, 11) is 0. The van der Waals surface area contributed by atoms with Crippen molar-refractivity contribution in [2.45, 2.75) is 20.3 Å². The van der Waals surface area contributed by atoms with Gasteiger partial charge in [0.05, 0.1) is 0 Å². The summed E-state index contributed by atoms with van der Waals surface area (Å²) in [5, 5.41) is 13.2. The topological polar surface area (TPSA) is 68.7 Å². The molecule has 0 radical (unpaired) electrons. The summed E-state index contributed by atoms with van der Waals surface area (Å²) in [4.78, 5) is 15.7. The highest BCUT2D eigenvalue weighted by Crippen LogP contribution is 2.24. The average molecular weight is 329 g/mol. The fraction of sp³-hybridized carbons (Fsp3) is 0.143. The summed E-state index contributed by atoms with van der Waals surface area (Å²) >= 11 is 0. The van der Waals surface area contributed by atoms with E-state index in [0.29, 0.717) is 5.69 Å². The van der Waals surface area contributed by atoms with E-state index in [1.807, 2.05) is 55.6 Å². The number of nitrogens with one attached hydrogen (secondary N) is 2. The molecule has 0 fully saturated rings. The van der Waals surface area contributed by atoms with Crippen molar-refractivity contribution in [1.29, 1.82) is 5.26 Å². The Morgan fingerprint density at radius 2 is 2.04 bits per heavy atom. The lowest BCUT2D eigenvalue weighted by Crippen LogP contribution is -2.14. The molecule has 4 heteroatoms. The number of nitrogens with zero attached hydrogens (tertiary/aromatic N) is 1. The second-order valence-corrected chi connectivity index (χ2v) is 5.88. The third-order valence-electron chi connectivity index (χ3n) is 4.27. The Balaban J connectivity index is 1.95. The van der Waals surface area contributed by atoms with Crippen molar-refractivity contribution in [1.82, 2.24) is 4.98 Å². The molecule has 3 aromatic rings. The van der Waals surface area contributed by atoms with E-state index in [4.69, 9.17) is 0 Å². The van der Waals surface area contributed by atoms with E-state index in [0.717, 1.165) is 28.5 Å². The number of hydrogen-bond donors (Lipinski definition) is 2. The molecule has 1 amide bonds. The lowest BCUT2D eigenvalue weighted by molar-refractivity contribution is -0.112. The van der Waals surface area contributed by atoms with Gasteiger partial charge in [0, 0.05) is 28.4 Å². The number of carbonyl (C=O) groups is 1. The number of hydrogen-bond acceptors (Lipinski definition) is 2. The molecule has 0 spiro atoms. The third kappa shape index (κ3) is 3.31. The van der Waals surface area contributed by atoms with Crippen molar-refractivity contribution in [3.8, 4) is 6.07 Å². The number of para-hydroxylation sites is 2. The van der Waals surface area contributed by atoms with E-state index in [9.17, 15) is 10.1 Å². The number of benzene rings is 2. The van der Waals surface area contributed by atoms with Crippen molar-refractivity contribution in [3.63, 3.8) is 0 Å². The van der Waals surface area contributed by atoms with Crippen LogP contribution in [0, 0.1) is 18.3 Å². The highest BCUT2D eigenvalue weighted by Gasteiger charge is 2.12. The second kappa shape index (κ2) is 7.06. The van der Waals surface area contributed by atoms with Gasteiger partial charge in [-0.1, -0.05) is 43.3 Å². The Bertz CT molecular complexity index is 1010. The van der Waals surface area contributed by atoms with Gasteiger partial charge < -0.3 is 10.3 Å². The van der Waals surface area contributed by atoms with Crippen LogP contribution in [-0.4, -0.2) is 10.9 Å². The largest absolute Gasteiger partial charge is 0.360 e. The Labute approximate surface area is 146 Å². The van der Waals surface area contributed by atoms with Crippen LogP contribution in [0.4, 0.5) is 5.69 Å². The molecule has 0 aliphatic heterocycles. The maximum Gasteiger partial charge on any atom is 0.266 e.